The first-order chi connectivity index (χ1) is 13.1. The Labute approximate surface area is 163 Å². The second-order valence-corrected chi connectivity index (χ2v) is 7.32. The number of azo groups is 1. The summed E-state index contributed by atoms with van der Waals surface area (Å²) in [6.07, 6.45) is 1.56. The van der Waals surface area contributed by atoms with Crippen molar-refractivity contribution in [2.75, 3.05) is 0 Å². The van der Waals surface area contributed by atoms with Crippen LogP contribution in [0.4, 0.5) is 11.4 Å². The Morgan fingerprint density at radius 3 is 2.32 bits per heavy atom. The number of rotatable bonds is 7. The Morgan fingerprint density at radius 2 is 1.71 bits per heavy atom. The van der Waals surface area contributed by atoms with Crippen LogP contribution in [0.15, 0.2) is 52.7 Å². The highest BCUT2D eigenvalue weighted by molar-refractivity contribution is 5.87. The predicted molar refractivity (Wildman–Crippen MR) is 104 cm³/mol. The molecule has 0 saturated heterocycles. The predicted octanol–water partition coefficient (Wildman–Crippen LogP) is 5.17. The van der Waals surface area contributed by atoms with E-state index in [1.165, 1.54) is 30.3 Å². The Bertz CT molecular complexity index is 867. The van der Waals surface area contributed by atoms with Crippen molar-refractivity contribution in [1.29, 1.82) is 0 Å². The van der Waals surface area contributed by atoms with Crippen molar-refractivity contribution in [3.8, 4) is 5.75 Å². The molecule has 0 radical (unpaired) electrons. The number of carboxylic acid groups (broad SMARTS) is 1. The van der Waals surface area contributed by atoms with E-state index in [2.05, 4.69) is 10.2 Å². The fourth-order valence-electron chi connectivity index (χ4n) is 2.42. The molecule has 148 valence electrons. The second kappa shape index (κ2) is 9.12. The summed E-state index contributed by atoms with van der Waals surface area (Å²) in [5.41, 5.74) is 1.35. The van der Waals surface area contributed by atoms with E-state index in [-0.39, 0.29) is 17.3 Å². The van der Waals surface area contributed by atoms with Crippen LogP contribution < -0.4 is 0 Å². The van der Waals surface area contributed by atoms with E-state index in [9.17, 15) is 14.7 Å². The molecule has 0 aromatic heterocycles. The molecule has 0 aliphatic heterocycles. The van der Waals surface area contributed by atoms with Gasteiger partial charge in [0.25, 0.3) is 0 Å². The van der Waals surface area contributed by atoms with Crippen LogP contribution in [-0.4, -0.2) is 27.8 Å². The molecule has 0 saturated carbocycles. The summed E-state index contributed by atoms with van der Waals surface area (Å²) in [7, 11) is 0. The van der Waals surface area contributed by atoms with Crippen molar-refractivity contribution < 1.29 is 24.5 Å². The lowest BCUT2D eigenvalue weighted by atomic mass is 10.1. The van der Waals surface area contributed by atoms with Gasteiger partial charge in [-0.2, -0.15) is 5.11 Å². The molecule has 0 aliphatic rings. The van der Waals surface area contributed by atoms with E-state index in [1.807, 2.05) is 20.8 Å². The molecule has 0 atom stereocenters. The largest absolute Gasteiger partial charge is 0.506 e. The Morgan fingerprint density at radius 1 is 1.04 bits per heavy atom. The molecular weight excluding hydrogens is 360 g/mol. The minimum Gasteiger partial charge on any atom is -0.506 e. The number of ether oxygens (including phenoxy) is 1. The first kappa shape index (κ1) is 21.1. The summed E-state index contributed by atoms with van der Waals surface area (Å²) in [6.45, 7) is 5.49. The highest BCUT2D eigenvalue weighted by Crippen LogP contribution is 2.29. The molecule has 0 fully saturated rings. The molecule has 28 heavy (non-hydrogen) atoms. The first-order valence-corrected chi connectivity index (χ1v) is 8.93. The van der Waals surface area contributed by atoms with Crippen LogP contribution in [0.25, 0.3) is 0 Å². The SMILES string of the molecule is CC(C)(C)OC(=O)CCCc1ccc(O)c(N=Nc2ccc(C(=O)O)cc2)c1. The number of hydrogen-bond acceptors (Lipinski definition) is 6. The van der Waals surface area contributed by atoms with Gasteiger partial charge in [0, 0.05) is 6.42 Å². The summed E-state index contributed by atoms with van der Waals surface area (Å²) in [5, 5.41) is 26.9. The van der Waals surface area contributed by atoms with Crippen molar-refractivity contribution in [2.24, 2.45) is 10.2 Å². The molecule has 0 aliphatic carbocycles. The number of carbonyl (C=O) groups excluding carboxylic acids is 1. The van der Waals surface area contributed by atoms with Gasteiger partial charge < -0.3 is 14.9 Å². The van der Waals surface area contributed by atoms with E-state index in [0.29, 0.717) is 30.6 Å². The van der Waals surface area contributed by atoms with Gasteiger partial charge in [0.1, 0.15) is 17.0 Å². The average Bonchev–Trinajstić information content (AvgIpc) is 2.60. The fraction of sp³-hybridized carbons (Fsp3) is 0.333. The van der Waals surface area contributed by atoms with Crippen LogP contribution in [0.3, 0.4) is 0 Å². The Kier molecular flexibility index (Phi) is 6.87. The number of hydrogen-bond donors (Lipinski definition) is 2. The van der Waals surface area contributed by atoms with Crippen molar-refractivity contribution in [3.63, 3.8) is 0 Å². The molecule has 2 aromatic carbocycles. The number of phenols is 1. The third kappa shape index (κ3) is 6.83. The molecule has 0 amide bonds. The smallest absolute Gasteiger partial charge is 0.335 e. The zero-order valence-electron chi connectivity index (χ0n) is 16.2. The number of aromatic carboxylic acids is 1. The minimum absolute atomic E-state index is 0.0122. The molecular formula is C21H24N2O5. The van der Waals surface area contributed by atoms with Crippen molar-refractivity contribution in [3.05, 3.63) is 53.6 Å². The van der Waals surface area contributed by atoms with Crippen LogP contribution in [0.2, 0.25) is 0 Å². The lowest BCUT2D eigenvalue weighted by molar-refractivity contribution is -0.154. The monoisotopic (exact) mass is 384 g/mol. The third-order valence-corrected chi connectivity index (χ3v) is 3.69. The summed E-state index contributed by atoms with van der Waals surface area (Å²) in [6, 6.07) is 11.0. The first-order valence-electron chi connectivity index (χ1n) is 8.93. The van der Waals surface area contributed by atoms with E-state index >= 15 is 0 Å². The Balaban J connectivity index is 1.98. The van der Waals surface area contributed by atoms with Crippen molar-refractivity contribution >= 4 is 23.3 Å². The highest BCUT2D eigenvalue weighted by Gasteiger charge is 2.15. The zero-order valence-corrected chi connectivity index (χ0v) is 16.2. The van der Waals surface area contributed by atoms with Gasteiger partial charge in [-0.05, 0) is 75.6 Å². The molecule has 7 heteroatoms. The maximum absolute atomic E-state index is 11.8. The maximum atomic E-state index is 11.8. The van der Waals surface area contributed by atoms with Crippen molar-refractivity contribution in [2.45, 2.75) is 45.6 Å². The number of nitrogens with zero attached hydrogens (tertiary/aromatic N) is 2. The summed E-state index contributed by atoms with van der Waals surface area (Å²) in [4.78, 5) is 22.6. The molecule has 2 aromatic rings. The molecule has 0 heterocycles. The van der Waals surface area contributed by atoms with E-state index < -0.39 is 11.6 Å². The second-order valence-electron chi connectivity index (χ2n) is 7.32. The van der Waals surface area contributed by atoms with E-state index in [4.69, 9.17) is 9.84 Å². The van der Waals surface area contributed by atoms with Gasteiger partial charge >= 0.3 is 11.9 Å². The van der Waals surface area contributed by atoms with Crippen LogP contribution in [0, 0.1) is 0 Å². The Hall–Kier alpha value is -3.22. The van der Waals surface area contributed by atoms with Crippen LogP contribution in [-0.2, 0) is 16.0 Å². The van der Waals surface area contributed by atoms with E-state index in [1.54, 1.807) is 12.1 Å². The maximum Gasteiger partial charge on any atom is 0.335 e. The third-order valence-electron chi connectivity index (χ3n) is 3.69. The number of carbonyl (C=O) groups is 2. The average molecular weight is 384 g/mol. The van der Waals surface area contributed by atoms with Gasteiger partial charge in [0.2, 0.25) is 0 Å². The van der Waals surface area contributed by atoms with Crippen molar-refractivity contribution in [1.82, 2.24) is 0 Å². The quantitative estimate of drug-likeness (QED) is 0.505. The number of aromatic hydroxyl groups is 1. The number of esters is 1. The van der Waals surface area contributed by atoms with Crippen LogP contribution >= 0.6 is 0 Å². The fourth-order valence-corrected chi connectivity index (χ4v) is 2.42. The normalized spacial score (nSPS) is 11.5. The van der Waals surface area contributed by atoms with Gasteiger partial charge in [0.15, 0.2) is 0 Å². The summed E-state index contributed by atoms with van der Waals surface area (Å²) in [5.74, 6) is -1.27. The summed E-state index contributed by atoms with van der Waals surface area (Å²) < 4.78 is 5.28. The lowest BCUT2D eigenvalue weighted by Crippen LogP contribution is -2.23. The summed E-state index contributed by atoms with van der Waals surface area (Å²) >= 11 is 0. The van der Waals surface area contributed by atoms with Gasteiger partial charge in [-0.3, -0.25) is 4.79 Å². The lowest BCUT2D eigenvalue weighted by Gasteiger charge is -2.19. The van der Waals surface area contributed by atoms with Gasteiger partial charge in [-0.15, -0.1) is 5.11 Å². The van der Waals surface area contributed by atoms with Crippen LogP contribution in [0.1, 0.15) is 49.5 Å². The number of aryl methyl sites for hydroxylation is 1. The number of carboxylic acids is 1. The molecule has 2 N–H and O–H groups in total. The van der Waals surface area contributed by atoms with E-state index in [0.717, 1.165) is 5.56 Å². The van der Waals surface area contributed by atoms with Gasteiger partial charge in [-0.25, -0.2) is 4.79 Å². The molecule has 0 spiro atoms. The number of phenolic OH excluding ortho intramolecular Hbond substituents is 1. The minimum atomic E-state index is -1.01. The molecule has 2 rings (SSSR count). The van der Waals surface area contributed by atoms with Crippen LogP contribution in [0.5, 0.6) is 5.75 Å². The molecule has 0 unspecified atom stereocenters. The zero-order chi connectivity index (χ0) is 20.7. The molecule has 7 nitrogen and oxygen atoms in total. The molecule has 0 bridgehead atoms. The standard InChI is InChI=1S/C21H24N2O5/c1-21(2,3)28-19(25)6-4-5-14-7-12-18(24)17(13-14)23-22-16-10-8-15(9-11-16)20(26)27/h7-13,24H,4-6H2,1-3H3,(H,26,27). The number of benzene rings is 2. The topological polar surface area (TPSA) is 109 Å². The highest BCUT2D eigenvalue weighted by atomic mass is 16.6. The van der Waals surface area contributed by atoms with Gasteiger partial charge in [0.05, 0.1) is 11.3 Å². The van der Waals surface area contributed by atoms with Gasteiger partial charge in [-0.1, -0.05) is 6.07 Å².